The lowest BCUT2D eigenvalue weighted by atomic mass is 9.69. The van der Waals surface area contributed by atoms with Gasteiger partial charge in [-0.1, -0.05) is 68.4 Å². The monoisotopic (exact) mass is 509 g/mol. The molecule has 2 saturated heterocycles. The van der Waals surface area contributed by atoms with Gasteiger partial charge in [0.15, 0.2) is 0 Å². The van der Waals surface area contributed by atoms with E-state index in [1.54, 1.807) is 0 Å². The highest BCUT2D eigenvalue weighted by atomic mass is 16.7. The summed E-state index contributed by atoms with van der Waals surface area (Å²) in [6.45, 7) is 17.0. The SMILES string of the molecule is CC(C)[C@@H]1OB(c2cccc(B3OC(C)(C)C(C)(C)O3)c2-n2c3ccccc3c3ccccc32)OC1(C)C. The lowest BCUT2D eigenvalue weighted by Gasteiger charge is -2.32. The summed E-state index contributed by atoms with van der Waals surface area (Å²) in [7, 11) is -1.06. The minimum atomic E-state index is -0.537. The number of hydrogen-bond acceptors (Lipinski definition) is 4. The first-order valence-corrected chi connectivity index (χ1v) is 13.7. The zero-order valence-corrected chi connectivity index (χ0v) is 23.7. The van der Waals surface area contributed by atoms with E-state index < -0.39 is 31.0 Å². The highest BCUT2D eigenvalue weighted by Crippen LogP contribution is 2.39. The van der Waals surface area contributed by atoms with Crippen LogP contribution < -0.4 is 10.9 Å². The standard InChI is InChI=1S/C31H37B2NO4/c1-20(2)28-29(3,4)36-32(35-28)23-16-13-17-24(33-37-30(5,6)31(7,8)38-33)27(23)34-25-18-11-9-14-21(25)22-15-10-12-19-26(22)34/h9-20,28H,1-8H3/t28-/m0/s1. The van der Waals surface area contributed by atoms with E-state index in [0.717, 1.165) is 27.6 Å². The van der Waals surface area contributed by atoms with Crippen molar-refractivity contribution in [3.05, 3.63) is 66.7 Å². The Kier molecular flexibility index (Phi) is 5.90. The molecule has 38 heavy (non-hydrogen) atoms. The molecule has 1 atom stereocenters. The van der Waals surface area contributed by atoms with E-state index in [1.165, 1.54) is 10.8 Å². The Morgan fingerprint density at radius 3 is 1.66 bits per heavy atom. The van der Waals surface area contributed by atoms with Gasteiger partial charge in [-0.15, -0.1) is 0 Å². The second kappa shape index (κ2) is 8.72. The Bertz CT molecular complexity index is 1450. The molecule has 0 unspecified atom stereocenters. The van der Waals surface area contributed by atoms with Gasteiger partial charge < -0.3 is 23.2 Å². The molecule has 0 saturated carbocycles. The van der Waals surface area contributed by atoms with Gasteiger partial charge in [0.2, 0.25) is 0 Å². The first-order chi connectivity index (χ1) is 17.9. The summed E-state index contributed by atoms with van der Waals surface area (Å²) in [5.41, 5.74) is 3.83. The molecule has 4 aromatic rings. The van der Waals surface area contributed by atoms with Crippen LogP contribution in [0.2, 0.25) is 0 Å². The Morgan fingerprint density at radius 2 is 1.16 bits per heavy atom. The van der Waals surface area contributed by atoms with E-state index >= 15 is 0 Å². The van der Waals surface area contributed by atoms with Crippen LogP contribution in [0.5, 0.6) is 0 Å². The number of fused-ring (bicyclic) bond motifs is 3. The van der Waals surface area contributed by atoms with Crippen LogP contribution in [-0.2, 0) is 18.6 Å². The van der Waals surface area contributed by atoms with Crippen molar-refractivity contribution in [2.75, 3.05) is 0 Å². The highest BCUT2D eigenvalue weighted by Gasteiger charge is 2.54. The molecule has 1 aromatic heterocycles. The number of nitrogens with zero attached hydrogens (tertiary/aromatic N) is 1. The first-order valence-electron chi connectivity index (χ1n) is 13.7. The van der Waals surface area contributed by atoms with Gasteiger partial charge in [0.25, 0.3) is 0 Å². The summed E-state index contributed by atoms with van der Waals surface area (Å²) in [5, 5.41) is 2.40. The van der Waals surface area contributed by atoms with Gasteiger partial charge in [-0.05, 0) is 59.6 Å². The number of para-hydroxylation sites is 3. The van der Waals surface area contributed by atoms with Gasteiger partial charge in [-0.2, -0.15) is 0 Å². The van der Waals surface area contributed by atoms with Crippen LogP contribution >= 0.6 is 0 Å². The fraction of sp³-hybridized carbons (Fsp3) is 0.419. The molecular formula is C31H37B2NO4. The van der Waals surface area contributed by atoms with Gasteiger partial charge in [0, 0.05) is 27.4 Å². The Morgan fingerprint density at radius 1 is 0.658 bits per heavy atom. The third-order valence-corrected chi connectivity index (χ3v) is 8.63. The Balaban J connectivity index is 1.63. The van der Waals surface area contributed by atoms with E-state index in [0.29, 0.717) is 5.92 Å². The minimum absolute atomic E-state index is 0.0287. The normalized spacial score (nSPS) is 22.3. The molecule has 3 heterocycles. The average molecular weight is 509 g/mol. The maximum Gasteiger partial charge on any atom is 0.496 e. The third-order valence-electron chi connectivity index (χ3n) is 8.63. The van der Waals surface area contributed by atoms with Crippen molar-refractivity contribution in [1.82, 2.24) is 4.57 Å². The molecule has 6 rings (SSSR count). The second-order valence-corrected chi connectivity index (χ2v) is 12.6. The van der Waals surface area contributed by atoms with E-state index in [4.69, 9.17) is 18.6 Å². The van der Waals surface area contributed by atoms with Crippen LogP contribution in [0.15, 0.2) is 66.7 Å². The molecule has 0 N–H and O–H groups in total. The quantitative estimate of drug-likeness (QED) is 0.335. The van der Waals surface area contributed by atoms with Crippen molar-refractivity contribution in [2.45, 2.75) is 78.3 Å². The highest BCUT2D eigenvalue weighted by molar-refractivity contribution is 6.68. The summed E-state index contributed by atoms with van der Waals surface area (Å²) >= 11 is 0. The lowest BCUT2D eigenvalue weighted by molar-refractivity contribution is 0.00578. The molecule has 5 nitrogen and oxygen atoms in total. The predicted octanol–water partition coefficient (Wildman–Crippen LogP) is 5.63. The molecule has 0 radical (unpaired) electrons. The first kappa shape index (κ1) is 25.7. The predicted molar refractivity (Wildman–Crippen MR) is 157 cm³/mol. The summed E-state index contributed by atoms with van der Waals surface area (Å²) in [4.78, 5) is 0. The topological polar surface area (TPSA) is 41.9 Å². The zero-order chi connectivity index (χ0) is 27.0. The molecule has 0 bridgehead atoms. The van der Waals surface area contributed by atoms with Crippen molar-refractivity contribution < 1.29 is 18.6 Å². The number of benzene rings is 3. The van der Waals surface area contributed by atoms with E-state index in [9.17, 15) is 0 Å². The maximum absolute atomic E-state index is 6.67. The molecule has 2 aliphatic heterocycles. The zero-order valence-electron chi connectivity index (χ0n) is 23.7. The van der Waals surface area contributed by atoms with Crippen molar-refractivity contribution >= 4 is 47.0 Å². The number of rotatable bonds is 4. The van der Waals surface area contributed by atoms with Gasteiger partial charge in [0.05, 0.1) is 33.9 Å². The maximum atomic E-state index is 6.67. The fourth-order valence-corrected chi connectivity index (χ4v) is 6.12. The van der Waals surface area contributed by atoms with Crippen molar-refractivity contribution in [3.8, 4) is 5.69 Å². The fourth-order valence-electron chi connectivity index (χ4n) is 6.12. The van der Waals surface area contributed by atoms with Crippen molar-refractivity contribution in [3.63, 3.8) is 0 Å². The summed E-state index contributed by atoms with van der Waals surface area (Å²) < 4.78 is 28.9. The summed E-state index contributed by atoms with van der Waals surface area (Å²) in [6.07, 6.45) is -0.0287. The van der Waals surface area contributed by atoms with E-state index in [-0.39, 0.29) is 6.10 Å². The Labute approximate surface area is 226 Å². The summed E-state index contributed by atoms with van der Waals surface area (Å²) in [6, 6.07) is 23.4. The van der Waals surface area contributed by atoms with Gasteiger partial charge >= 0.3 is 14.2 Å². The van der Waals surface area contributed by atoms with Crippen molar-refractivity contribution in [1.29, 1.82) is 0 Å². The molecule has 196 valence electrons. The van der Waals surface area contributed by atoms with Crippen molar-refractivity contribution in [2.24, 2.45) is 5.92 Å². The van der Waals surface area contributed by atoms with Crippen LogP contribution in [0.3, 0.4) is 0 Å². The van der Waals surface area contributed by atoms with Crippen LogP contribution in [0.4, 0.5) is 0 Å². The van der Waals surface area contributed by atoms with Gasteiger partial charge in [-0.3, -0.25) is 0 Å². The molecule has 7 heteroatoms. The minimum Gasteiger partial charge on any atom is -0.401 e. The van der Waals surface area contributed by atoms with Crippen LogP contribution in [-0.4, -0.2) is 41.7 Å². The molecule has 0 aliphatic carbocycles. The van der Waals surface area contributed by atoms with Gasteiger partial charge in [0.1, 0.15) is 0 Å². The third kappa shape index (κ3) is 3.86. The van der Waals surface area contributed by atoms with Crippen LogP contribution in [0, 0.1) is 5.92 Å². The molecule has 2 fully saturated rings. The molecule has 0 amide bonds. The Hall–Kier alpha value is -2.57. The molecule has 0 spiro atoms. The smallest absolute Gasteiger partial charge is 0.401 e. The van der Waals surface area contributed by atoms with Gasteiger partial charge in [-0.25, -0.2) is 0 Å². The molecule has 3 aromatic carbocycles. The lowest BCUT2D eigenvalue weighted by Crippen LogP contribution is -2.45. The largest absolute Gasteiger partial charge is 0.496 e. The average Bonchev–Trinajstić information content (AvgIpc) is 3.44. The van der Waals surface area contributed by atoms with E-state index in [1.807, 2.05) is 0 Å². The molecule has 2 aliphatic rings. The molecular weight excluding hydrogens is 472 g/mol. The van der Waals surface area contributed by atoms with E-state index in [2.05, 4.69) is 127 Å². The van der Waals surface area contributed by atoms with Crippen LogP contribution in [0.1, 0.15) is 55.4 Å². The number of aromatic nitrogens is 1. The van der Waals surface area contributed by atoms with Crippen LogP contribution in [0.25, 0.3) is 27.5 Å². The second-order valence-electron chi connectivity index (χ2n) is 12.6. The number of hydrogen-bond donors (Lipinski definition) is 0. The summed E-state index contributed by atoms with van der Waals surface area (Å²) in [5.74, 6) is 0.318.